The van der Waals surface area contributed by atoms with Crippen LogP contribution >= 0.6 is 15.5 Å². The van der Waals surface area contributed by atoms with E-state index in [1.165, 1.54) is 0 Å². The molecule has 0 heterocycles. The van der Waals surface area contributed by atoms with Crippen molar-refractivity contribution in [2.24, 2.45) is 0 Å². The second-order valence-electron chi connectivity index (χ2n) is 2.63. The number of hydrogen-bond donors (Lipinski definition) is 5. The molecule has 0 spiro atoms. The predicted molar refractivity (Wildman–Crippen MR) is 44.8 cm³/mol. The van der Waals surface area contributed by atoms with E-state index in [1.54, 1.807) is 0 Å². The van der Waals surface area contributed by atoms with Gasteiger partial charge in [-0.05, 0) is 6.92 Å². The summed E-state index contributed by atoms with van der Waals surface area (Å²) in [7, 11) is -11.8. The lowest BCUT2D eigenvalue weighted by atomic mass is 10.4. The standard InChI is InChI=1S/C3H9NO9P2/c1-2(3(5)6)4(7,14(8,9)10)15(11,12)13/h2H,1H3,(H,5,6)(H2,8,9,10)(H2,11,12,13)/t2-/m0/s1. The van der Waals surface area contributed by atoms with E-state index in [-0.39, 0.29) is 0 Å². The molecule has 10 nitrogen and oxygen atoms in total. The van der Waals surface area contributed by atoms with E-state index in [0.29, 0.717) is 6.92 Å². The summed E-state index contributed by atoms with van der Waals surface area (Å²) in [6.45, 7) is 0.494. The first-order chi connectivity index (χ1) is 6.35. The van der Waals surface area contributed by atoms with Crippen LogP contribution in [0.1, 0.15) is 6.92 Å². The molecule has 0 rings (SSSR count). The molecule has 1 atom stereocenters. The zero-order valence-corrected chi connectivity index (χ0v) is 9.08. The van der Waals surface area contributed by atoms with Crippen molar-refractivity contribution < 1.29 is 42.8 Å². The molecule has 15 heavy (non-hydrogen) atoms. The third-order valence-corrected chi connectivity index (χ3v) is 5.19. The molecule has 0 fully saturated rings. The largest absolute Gasteiger partial charge is 0.619 e. The van der Waals surface area contributed by atoms with E-state index >= 15 is 0 Å². The zero-order valence-electron chi connectivity index (χ0n) is 7.29. The smallest absolute Gasteiger partial charge is 0.534 e. The Labute approximate surface area is 83.4 Å². The fourth-order valence-corrected chi connectivity index (χ4v) is 3.06. The van der Waals surface area contributed by atoms with Crippen LogP contribution in [0.15, 0.2) is 0 Å². The molecule has 0 saturated carbocycles. The summed E-state index contributed by atoms with van der Waals surface area (Å²) in [6, 6.07) is -2.49. The van der Waals surface area contributed by atoms with Gasteiger partial charge in [0.15, 0.2) is 6.04 Å². The zero-order chi connectivity index (χ0) is 12.7. The van der Waals surface area contributed by atoms with Crippen molar-refractivity contribution in [3.8, 4) is 0 Å². The van der Waals surface area contributed by atoms with Crippen LogP contribution in [0.2, 0.25) is 0 Å². The van der Waals surface area contributed by atoms with E-state index in [2.05, 4.69) is 0 Å². The molecule has 0 aliphatic carbocycles. The van der Waals surface area contributed by atoms with Crippen molar-refractivity contribution in [2.45, 2.75) is 13.0 Å². The SMILES string of the molecule is C[C@@H](C(=O)O)[N+]([O-])(P(=O)(O)O)P(=O)(O)O. The minimum absolute atomic E-state index is 0.494. The van der Waals surface area contributed by atoms with E-state index in [0.717, 1.165) is 0 Å². The van der Waals surface area contributed by atoms with Crippen molar-refractivity contribution in [3.05, 3.63) is 5.21 Å². The van der Waals surface area contributed by atoms with Gasteiger partial charge in [-0.2, -0.15) is 4.19 Å². The van der Waals surface area contributed by atoms with Gasteiger partial charge in [0.25, 0.3) is 0 Å². The average Bonchev–Trinajstić information content (AvgIpc) is 1.96. The highest BCUT2D eigenvalue weighted by Gasteiger charge is 2.58. The Morgan fingerprint density at radius 2 is 1.47 bits per heavy atom. The van der Waals surface area contributed by atoms with Crippen LogP contribution < -0.4 is 0 Å². The molecular formula is C3H9NO9P2. The molecule has 0 aromatic heterocycles. The van der Waals surface area contributed by atoms with Gasteiger partial charge in [-0.1, -0.05) is 0 Å². The number of rotatable bonds is 4. The van der Waals surface area contributed by atoms with Crippen LogP contribution in [0.5, 0.6) is 0 Å². The Morgan fingerprint density at radius 1 is 1.20 bits per heavy atom. The second kappa shape index (κ2) is 3.93. The molecule has 0 bridgehead atoms. The highest BCUT2D eigenvalue weighted by Crippen LogP contribution is 2.66. The van der Waals surface area contributed by atoms with Crippen LogP contribution in [0.3, 0.4) is 0 Å². The second-order valence-corrected chi connectivity index (χ2v) is 6.19. The van der Waals surface area contributed by atoms with Gasteiger partial charge < -0.3 is 10.3 Å². The van der Waals surface area contributed by atoms with E-state index < -0.39 is 31.7 Å². The summed E-state index contributed by atoms with van der Waals surface area (Å²) in [5.41, 5.74) is 0. The Balaban J connectivity index is 5.76. The molecule has 0 amide bonds. The summed E-state index contributed by atoms with van der Waals surface area (Å²) in [6.07, 6.45) is 0. The maximum atomic E-state index is 11.3. The molecule has 0 aromatic rings. The Kier molecular flexibility index (Phi) is 3.85. The summed E-state index contributed by atoms with van der Waals surface area (Å²) in [4.78, 5) is 44.4. The van der Waals surface area contributed by atoms with Crippen LogP contribution in [-0.4, -0.2) is 40.9 Å². The van der Waals surface area contributed by atoms with Crippen molar-refractivity contribution in [1.82, 2.24) is 0 Å². The van der Waals surface area contributed by atoms with Gasteiger partial charge in [0, 0.05) is 0 Å². The molecule has 0 aromatic carbocycles. The van der Waals surface area contributed by atoms with Gasteiger partial charge in [-0.25, -0.2) is 13.9 Å². The lowest BCUT2D eigenvalue weighted by molar-refractivity contribution is -0.675. The van der Waals surface area contributed by atoms with Crippen molar-refractivity contribution in [1.29, 1.82) is 0 Å². The summed E-state index contributed by atoms with van der Waals surface area (Å²) in [5, 5.41) is 19.7. The number of nitrogens with zero attached hydrogens (tertiary/aromatic N) is 1. The average molecular weight is 265 g/mol. The molecule has 0 aliphatic heterocycles. The lowest BCUT2D eigenvalue weighted by Gasteiger charge is -2.42. The van der Waals surface area contributed by atoms with Crippen molar-refractivity contribution in [3.63, 3.8) is 0 Å². The monoisotopic (exact) mass is 265 g/mol. The molecule has 12 heteroatoms. The third-order valence-electron chi connectivity index (χ3n) is 1.61. The number of carboxylic acid groups (broad SMARTS) is 1. The Hall–Kier alpha value is -0.310. The predicted octanol–water partition coefficient (Wildman–Crippen LogP) is -1.04. The summed E-state index contributed by atoms with van der Waals surface area (Å²) >= 11 is 0. The van der Waals surface area contributed by atoms with Gasteiger partial charge in [-0.3, -0.25) is 19.6 Å². The van der Waals surface area contributed by atoms with Gasteiger partial charge in [0.05, 0.1) is 0 Å². The molecule has 0 saturated heterocycles. The van der Waals surface area contributed by atoms with Crippen molar-refractivity contribution in [2.75, 3.05) is 0 Å². The van der Waals surface area contributed by atoms with Gasteiger partial charge in [0.1, 0.15) is 0 Å². The molecular weight excluding hydrogens is 256 g/mol. The van der Waals surface area contributed by atoms with Gasteiger partial charge in [-0.15, -0.1) is 0 Å². The number of hydrogen-bond acceptors (Lipinski definition) is 4. The van der Waals surface area contributed by atoms with Crippen LogP contribution in [0, 0.1) is 5.21 Å². The summed E-state index contributed by atoms with van der Waals surface area (Å²) in [5.74, 6) is -2.03. The van der Waals surface area contributed by atoms with Crippen LogP contribution in [0.4, 0.5) is 0 Å². The van der Waals surface area contributed by atoms with Crippen molar-refractivity contribution >= 4 is 21.5 Å². The molecule has 90 valence electrons. The first-order valence-electron chi connectivity index (χ1n) is 3.30. The maximum Gasteiger partial charge on any atom is 0.534 e. The topological polar surface area (TPSA) is 175 Å². The first kappa shape index (κ1) is 14.7. The van der Waals surface area contributed by atoms with Crippen LogP contribution in [0.25, 0.3) is 0 Å². The lowest BCUT2D eigenvalue weighted by Crippen LogP contribution is -2.47. The maximum absolute atomic E-state index is 11.3. The highest BCUT2D eigenvalue weighted by atomic mass is 31.3. The van der Waals surface area contributed by atoms with Gasteiger partial charge >= 0.3 is 21.5 Å². The molecule has 0 radical (unpaired) electrons. The highest BCUT2D eigenvalue weighted by molar-refractivity contribution is 7.58. The first-order valence-corrected chi connectivity index (χ1v) is 6.43. The number of quaternary nitrogens is 1. The normalized spacial score (nSPS) is 16.1. The molecule has 0 unspecified atom stereocenters. The summed E-state index contributed by atoms with van der Waals surface area (Å²) < 4.78 is 17.9. The number of hydroxylamine groups is 1. The number of carboxylic acids is 1. The van der Waals surface area contributed by atoms with Crippen LogP contribution in [-0.2, 0) is 13.9 Å². The minimum atomic E-state index is -5.88. The molecule has 0 aliphatic rings. The van der Waals surface area contributed by atoms with E-state index in [9.17, 15) is 19.1 Å². The number of aliphatic carboxylic acids is 1. The third kappa shape index (κ3) is 2.44. The fraction of sp³-hybridized carbons (Fsp3) is 0.667. The quantitative estimate of drug-likeness (QED) is 0.313. The van der Waals surface area contributed by atoms with E-state index in [4.69, 9.17) is 24.7 Å². The molecule has 5 N–H and O–H groups in total. The van der Waals surface area contributed by atoms with Gasteiger partial charge in [0.2, 0.25) is 0 Å². The minimum Gasteiger partial charge on any atom is -0.619 e. The van der Waals surface area contributed by atoms with E-state index in [1.807, 2.05) is 0 Å². The number of carbonyl (C=O) groups is 1. The fourth-order valence-electron chi connectivity index (χ4n) is 0.747. The Bertz CT molecular complexity index is 330. The Morgan fingerprint density at radius 3 is 1.53 bits per heavy atom.